The smallest absolute Gasteiger partial charge is 0.226 e. The molecule has 124 valence electrons. The highest BCUT2D eigenvalue weighted by molar-refractivity contribution is 7.07. The van der Waals surface area contributed by atoms with Crippen molar-refractivity contribution in [2.75, 3.05) is 44.0 Å². The van der Waals surface area contributed by atoms with Crippen molar-refractivity contribution in [2.24, 2.45) is 0 Å². The van der Waals surface area contributed by atoms with Gasteiger partial charge in [-0.3, -0.25) is 4.90 Å². The molecule has 0 saturated carbocycles. The topological polar surface area (TPSA) is 48.4 Å². The molecule has 2 aromatic heterocycles. The molecular formula is C16H24N6S. The lowest BCUT2D eigenvalue weighted by molar-refractivity contribution is 0.196. The average molecular weight is 332 g/mol. The van der Waals surface area contributed by atoms with Gasteiger partial charge in [-0.25, -0.2) is 9.97 Å². The van der Waals surface area contributed by atoms with Crippen molar-refractivity contribution in [3.05, 3.63) is 28.8 Å². The third-order valence-corrected chi connectivity index (χ3v) is 4.92. The van der Waals surface area contributed by atoms with Crippen LogP contribution in [-0.4, -0.2) is 60.1 Å². The van der Waals surface area contributed by atoms with Crippen LogP contribution in [-0.2, 0) is 6.54 Å². The zero-order valence-electron chi connectivity index (χ0n) is 14.0. The van der Waals surface area contributed by atoms with E-state index in [1.54, 1.807) is 11.3 Å². The van der Waals surface area contributed by atoms with E-state index in [-0.39, 0.29) is 0 Å². The molecule has 3 heterocycles. The first kappa shape index (κ1) is 16.1. The second kappa shape index (κ2) is 7.23. The van der Waals surface area contributed by atoms with E-state index >= 15 is 0 Å². The monoisotopic (exact) mass is 332 g/mol. The summed E-state index contributed by atoms with van der Waals surface area (Å²) in [6.07, 6.45) is 4.25. The normalized spacial score (nSPS) is 18.8. The van der Waals surface area contributed by atoms with E-state index in [4.69, 9.17) is 0 Å². The van der Waals surface area contributed by atoms with Crippen LogP contribution in [0, 0.1) is 0 Å². The molecule has 0 bridgehead atoms. The zero-order valence-corrected chi connectivity index (χ0v) is 14.8. The van der Waals surface area contributed by atoms with Gasteiger partial charge in [0.2, 0.25) is 5.95 Å². The summed E-state index contributed by atoms with van der Waals surface area (Å²) in [5.41, 5.74) is 3.09. The Morgan fingerprint density at radius 3 is 2.91 bits per heavy atom. The molecule has 1 atom stereocenters. The summed E-state index contributed by atoms with van der Waals surface area (Å²) < 4.78 is 0. The molecular weight excluding hydrogens is 308 g/mol. The number of rotatable bonds is 5. The first-order valence-electron chi connectivity index (χ1n) is 7.96. The number of aromatic nitrogens is 3. The number of anilines is 2. The number of likely N-dealkylation sites (N-methyl/N-ethyl adjacent to an activating group) is 1. The van der Waals surface area contributed by atoms with E-state index in [1.807, 2.05) is 36.8 Å². The molecule has 7 heteroatoms. The molecule has 1 saturated heterocycles. The van der Waals surface area contributed by atoms with Crippen molar-refractivity contribution in [3.8, 4) is 0 Å². The molecule has 0 aliphatic carbocycles. The lowest BCUT2D eigenvalue weighted by atomic mass is 10.0. The van der Waals surface area contributed by atoms with Crippen molar-refractivity contribution in [1.29, 1.82) is 0 Å². The Morgan fingerprint density at radius 1 is 1.30 bits per heavy atom. The van der Waals surface area contributed by atoms with E-state index in [0.717, 1.165) is 31.4 Å². The Balaban J connectivity index is 1.66. The molecule has 0 spiro atoms. The molecule has 0 amide bonds. The molecule has 1 unspecified atom stereocenters. The van der Waals surface area contributed by atoms with Crippen molar-refractivity contribution in [2.45, 2.75) is 25.4 Å². The first-order chi connectivity index (χ1) is 11.1. The van der Waals surface area contributed by atoms with Crippen molar-refractivity contribution >= 4 is 23.1 Å². The fourth-order valence-corrected chi connectivity index (χ4v) is 3.52. The lowest BCUT2D eigenvalue weighted by Gasteiger charge is -2.38. The third-order valence-electron chi connectivity index (χ3n) is 4.29. The number of likely N-dealkylation sites (tertiary alicyclic amines) is 1. The van der Waals surface area contributed by atoms with Crippen LogP contribution in [0.2, 0.25) is 0 Å². The van der Waals surface area contributed by atoms with E-state index < -0.39 is 0 Å². The van der Waals surface area contributed by atoms with Crippen molar-refractivity contribution in [3.63, 3.8) is 0 Å². The van der Waals surface area contributed by atoms with E-state index in [9.17, 15) is 0 Å². The summed E-state index contributed by atoms with van der Waals surface area (Å²) in [4.78, 5) is 20.1. The predicted octanol–water partition coefficient (Wildman–Crippen LogP) is 2.10. The van der Waals surface area contributed by atoms with Crippen LogP contribution >= 0.6 is 11.3 Å². The van der Waals surface area contributed by atoms with Crippen molar-refractivity contribution < 1.29 is 0 Å². The highest BCUT2D eigenvalue weighted by atomic mass is 32.1. The maximum absolute atomic E-state index is 4.66. The Labute approximate surface area is 141 Å². The number of hydrogen-bond donors (Lipinski definition) is 0. The molecule has 0 N–H and O–H groups in total. The molecule has 0 radical (unpaired) electrons. The maximum atomic E-state index is 4.66. The number of hydrogen-bond acceptors (Lipinski definition) is 7. The number of thiazole rings is 1. The van der Waals surface area contributed by atoms with Crippen LogP contribution in [0.5, 0.6) is 0 Å². The zero-order chi connectivity index (χ0) is 16.2. The van der Waals surface area contributed by atoms with Gasteiger partial charge < -0.3 is 9.80 Å². The summed E-state index contributed by atoms with van der Waals surface area (Å²) in [6, 6.07) is 2.47. The van der Waals surface area contributed by atoms with Crippen LogP contribution < -0.4 is 9.80 Å². The molecule has 1 aliphatic heterocycles. The summed E-state index contributed by atoms with van der Waals surface area (Å²) in [6.45, 7) is 3.14. The SMILES string of the molecule is CN(C)c1nccc(N(C)C2CCCN(Cc3cscn3)C2)n1. The predicted molar refractivity (Wildman–Crippen MR) is 95.2 cm³/mol. The fraction of sp³-hybridized carbons (Fsp3) is 0.562. The van der Waals surface area contributed by atoms with Crippen LogP contribution in [0.25, 0.3) is 0 Å². The van der Waals surface area contributed by atoms with Crippen molar-refractivity contribution in [1.82, 2.24) is 19.9 Å². The highest BCUT2D eigenvalue weighted by Gasteiger charge is 2.24. The minimum Gasteiger partial charge on any atom is -0.355 e. The number of nitrogens with zero attached hydrogens (tertiary/aromatic N) is 6. The highest BCUT2D eigenvalue weighted by Crippen LogP contribution is 2.22. The summed E-state index contributed by atoms with van der Waals surface area (Å²) >= 11 is 1.67. The van der Waals surface area contributed by atoms with E-state index in [0.29, 0.717) is 6.04 Å². The quantitative estimate of drug-likeness (QED) is 0.836. The molecule has 3 rings (SSSR count). The Hall–Kier alpha value is -1.73. The lowest BCUT2D eigenvalue weighted by Crippen LogP contribution is -2.46. The summed E-state index contributed by atoms with van der Waals surface area (Å²) in [5, 5.41) is 2.14. The van der Waals surface area contributed by atoms with Gasteiger partial charge in [0.05, 0.1) is 11.2 Å². The van der Waals surface area contributed by atoms with Gasteiger partial charge >= 0.3 is 0 Å². The standard InChI is InChI=1S/C16H24N6S/c1-20(2)16-17-7-6-15(19-16)21(3)14-5-4-8-22(10-14)9-13-11-23-12-18-13/h6-7,11-12,14H,4-5,8-10H2,1-3H3. The third kappa shape index (κ3) is 3.97. The molecule has 1 aliphatic rings. The summed E-state index contributed by atoms with van der Waals surface area (Å²) in [7, 11) is 6.07. The second-order valence-corrected chi connectivity index (χ2v) is 6.95. The van der Waals surface area contributed by atoms with Gasteiger partial charge in [-0.2, -0.15) is 4.98 Å². The number of piperidine rings is 1. The minimum atomic E-state index is 0.479. The van der Waals surface area contributed by atoms with Gasteiger partial charge in [-0.05, 0) is 25.5 Å². The van der Waals surface area contributed by atoms with Crippen LogP contribution in [0.3, 0.4) is 0 Å². The Morgan fingerprint density at radius 2 is 2.17 bits per heavy atom. The minimum absolute atomic E-state index is 0.479. The Kier molecular flexibility index (Phi) is 5.07. The molecule has 23 heavy (non-hydrogen) atoms. The van der Waals surface area contributed by atoms with Gasteiger partial charge in [0.1, 0.15) is 5.82 Å². The van der Waals surface area contributed by atoms with Crippen LogP contribution in [0.1, 0.15) is 18.5 Å². The Bertz CT molecular complexity index is 615. The van der Waals surface area contributed by atoms with Crippen LogP contribution in [0.15, 0.2) is 23.2 Å². The van der Waals surface area contributed by atoms with Gasteiger partial charge in [0, 0.05) is 51.9 Å². The van der Waals surface area contributed by atoms with Gasteiger partial charge in [0.15, 0.2) is 0 Å². The largest absolute Gasteiger partial charge is 0.355 e. The molecule has 2 aromatic rings. The second-order valence-electron chi connectivity index (χ2n) is 6.23. The first-order valence-corrected chi connectivity index (χ1v) is 8.90. The van der Waals surface area contributed by atoms with E-state index in [2.05, 4.69) is 37.2 Å². The molecule has 6 nitrogen and oxygen atoms in total. The van der Waals surface area contributed by atoms with Crippen LogP contribution in [0.4, 0.5) is 11.8 Å². The van der Waals surface area contributed by atoms with Gasteiger partial charge in [-0.1, -0.05) is 0 Å². The van der Waals surface area contributed by atoms with Gasteiger partial charge in [-0.15, -0.1) is 11.3 Å². The van der Waals surface area contributed by atoms with E-state index in [1.165, 1.54) is 18.5 Å². The average Bonchev–Trinajstić information content (AvgIpc) is 3.07. The van der Waals surface area contributed by atoms with Gasteiger partial charge in [0.25, 0.3) is 0 Å². The maximum Gasteiger partial charge on any atom is 0.226 e. The molecule has 0 aromatic carbocycles. The summed E-state index contributed by atoms with van der Waals surface area (Å²) in [5.74, 6) is 1.74. The molecule has 1 fully saturated rings. The fourth-order valence-electron chi connectivity index (χ4n) is 2.97.